The quantitative estimate of drug-likeness (QED) is 0.428. The van der Waals surface area contributed by atoms with Crippen LogP contribution in [0.5, 0.6) is 5.75 Å². The molecule has 8 nitrogen and oxygen atoms in total. The topological polar surface area (TPSA) is 91.9 Å². The van der Waals surface area contributed by atoms with Crippen molar-refractivity contribution in [1.82, 2.24) is 25.3 Å². The Bertz CT molecular complexity index is 1340. The van der Waals surface area contributed by atoms with Crippen LogP contribution in [-0.4, -0.2) is 47.7 Å². The van der Waals surface area contributed by atoms with Crippen LogP contribution in [0.3, 0.4) is 0 Å². The van der Waals surface area contributed by atoms with Crippen LogP contribution in [0.25, 0.3) is 16.6 Å². The van der Waals surface area contributed by atoms with Gasteiger partial charge in [0.2, 0.25) is 0 Å². The lowest BCUT2D eigenvalue weighted by Gasteiger charge is -2.22. The summed E-state index contributed by atoms with van der Waals surface area (Å²) in [5, 5.41) is 27.3. The number of nitriles is 1. The lowest BCUT2D eigenvalue weighted by molar-refractivity contribution is 0.194. The molecule has 0 bridgehead atoms. The van der Waals surface area contributed by atoms with Crippen molar-refractivity contribution in [2.24, 2.45) is 0 Å². The van der Waals surface area contributed by atoms with Crippen molar-refractivity contribution in [1.29, 1.82) is 5.26 Å². The van der Waals surface area contributed by atoms with Crippen LogP contribution in [0.4, 0.5) is 5.82 Å². The van der Waals surface area contributed by atoms with E-state index >= 15 is 0 Å². The minimum absolute atomic E-state index is 0.186. The van der Waals surface area contributed by atoms with Crippen molar-refractivity contribution in [3.63, 3.8) is 0 Å². The van der Waals surface area contributed by atoms with Gasteiger partial charge >= 0.3 is 0 Å². The van der Waals surface area contributed by atoms with Gasteiger partial charge in [0, 0.05) is 26.6 Å². The van der Waals surface area contributed by atoms with Crippen molar-refractivity contribution in [2.75, 3.05) is 32.6 Å². The molecule has 0 amide bonds. The van der Waals surface area contributed by atoms with Crippen LogP contribution < -0.4 is 15.0 Å². The van der Waals surface area contributed by atoms with E-state index in [1.165, 1.54) is 0 Å². The number of nitrogens with zero attached hydrogens (tertiary/aromatic N) is 6. The van der Waals surface area contributed by atoms with Crippen molar-refractivity contribution < 1.29 is 4.74 Å². The van der Waals surface area contributed by atoms with Gasteiger partial charge in [0.05, 0.1) is 28.4 Å². The highest BCUT2D eigenvalue weighted by Crippen LogP contribution is 2.34. The molecule has 0 aliphatic heterocycles. The third-order valence-corrected chi connectivity index (χ3v) is 5.82. The number of hydrogen-bond donors (Lipinski definition) is 1. The summed E-state index contributed by atoms with van der Waals surface area (Å²) in [5.74, 6) is 1.31. The monoisotopic (exact) mass is 455 g/mol. The molecule has 0 fully saturated rings. The molecule has 2 aromatic heterocycles. The zero-order chi connectivity index (χ0) is 24.2. The first-order valence-corrected chi connectivity index (χ1v) is 11.2. The zero-order valence-electron chi connectivity index (χ0n) is 20.2. The van der Waals surface area contributed by atoms with Gasteiger partial charge < -0.3 is 15.0 Å². The molecule has 0 aliphatic rings. The average molecular weight is 456 g/mol. The number of ether oxygens (including phenoxy) is 1. The van der Waals surface area contributed by atoms with Gasteiger partial charge in [-0.3, -0.25) is 0 Å². The Labute approximate surface area is 199 Å². The molecule has 0 spiro atoms. The summed E-state index contributed by atoms with van der Waals surface area (Å²) >= 11 is 0. The molecule has 8 heteroatoms. The normalized spacial score (nSPS) is 11.9. The molecule has 0 saturated heterocycles. The van der Waals surface area contributed by atoms with E-state index in [9.17, 15) is 5.26 Å². The molecule has 0 radical (unpaired) electrons. The van der Waals surface area contributed by atoms with E-state index < -0.39 is 0 Å². The predicted octanol–water partition coefficient (Wildman–Crippen LogP) is 4.10. The predicted molar refractivity (Wildman–Crippen MR) is 134 cm³/mol. The fourth-order valence-electron chi connectivity index (χ4n) is 4.09. The van der Waals surface area contributed by atoms with Crippen LogP contribution in [-0.2, 0) is 0 Å². The molecule has 0 aliphatic carbocycles. The van der Waals surface area contributed by atoms with E-state index in [1.54, 1.807) is 12.1 Å². The first-order chi connectivity index (χ1) is 16.4. The number of fused-ring (bicyclic) bond motifs is 1. The SMILES string of the molecule is CNCCC(Oc1cc(C#N)ccc1-n1nc2c(N(C)C)nnc(C)c2c1C)c1ccccc1. The highest BCUT2D eigenvalue weighted by molar-refractivity contribution is 5.92. The van der Waals surface area contributed by atoms with Crippen molar-refractivity contribution >= 4 is 16.7 Å². The maximum Gasteiger partial charge on any atom is 0.179 e. The smallest absolute Gasteiger partial charge is 0.179 e. The number of anilines is 1. The Hall–Kier alpha value is -3.96. The van der Waals surface area contributed by atoms with Gasteiger partial charge in [-0.25, -0.2) is 4.68 Å². The second-order valence-corrected chi connectivity index (χ2v) is 8.43. The van der Waals surface area contributed by atoms with E-state index in [1.807, 2.05) is 68.8 Å². The van der Waals surface area contributed by atoms with Gasteiger partial charge in [-0.1, -0.05) is 30.3 Å². The van der Waals surface area contributed by atoms with Gasteiger partial charge in [-0.05, 0) is 45.1 Å². The largest absolute Gasteiger partial charge is 0.483 e. The number of aromatic nitrogens is 4. The standard InChI is InChI=1S/C26H29N7O/c1-17-24-18(2)33(31-25(24)26(30-29-17)32(4)5)21-12-11-19(16-27)15-23(21)34-22(13-14-28-3)20-9-7-6-8-10-20/h6-12,15,22,28H,13-14H2,1-5H3. The lowest BCUT2D eigenvalue weighted by Crippen LogP contribution is -2.17. The molecule has 34 heavy (non-hydrogen) atoms. The summed E-state index contributed by atoms with van der Waals surface area (Å²) in [6.07, 6.45) is 0.586. The molecule has 4 rings (SSSR count). The van der Waals surface area contributed by atoms with E-state index in [4.69, 9.17) is 9.84 Å². The van der Waals surface area contributed by atoms with Gasteiger partial charge in [-0.15, -0.1) is 5.10 Å². The second-order valence-electron chi connectivity index (χ2n) is 8.43. The third kappa shape index (κ3) is 4.43. The molecule has 4 aromatic rings. The van der Waals surface area contributed by atoms with Crippen LogP contribution in [0.15, 0.2) is 48.5 Å². The van der Waals surface area contributed by atoms with Crippen LogP contribution >= 0.6 is 0 Å². The van der Waals surface area contributed by atoms with E-state index in [0.717, 1.165) is 46.5 Å². The zero-order valence-corrected chi connectivity index (χ0v) is 20.2. The number of nitrogens with one attached hydrogen (secondary N) is 1. The van der Waals surface area contributed by atoms with Crippen molar-refractivity contribution in [3.05, 3.63) is 71.0 Å². The van der Waals surface area contributed by atoms with Crippen LogP contribution in [0.1, 0.15) is 35.0 Å². The Morgan fingerprint density at radius 1 is 1.12 bits per heavy atom. The first kappa shape index (κ1) is 23.2. The van der Waals surface area contributed by atoms with Crippen molar-refractivity contribution in [3.8, 4) is 17.5 Å². The average Bonchev–Trinajstić information content (AvgIpc) is 3.19. The summed E-state index contributed by atoms with van der Waals surface area (Å²) in [6.45, 7) is 4.74. The summed E-state index contributed by atoms with van der Waals surface area (Å²) in [4.78, 5) is 1.91. The number of rotatable bonds is 8. The van der Waals surface area contributed by atoms with Crippen molar-refractivity contribution in [2.45, 2.75) is 26.4 Å². The van der Waals surface area contributed by atoms with Gasteiger partial charge in [-0.2, -0.15) is 15.5 Å². The van der Waals surface area contributed by atoms with E-state index in [2.05, 4.69) is 33.7 Å². The summed E-state index contributed by atoms with van der Waals surface area (Å²) < 4.78 is 8.46. The summed E-state index contributed by atoms with van der Waals surface area (Å²) in [5.41, 5.74) is 4.90. The lowest BCUT2D eigenvalue weighted by atomic mass is 10.1. The fourth-order valence-corrected chi connectivity index (χ4v) is 4.09. The minimum Gasteiger partial charge on any atom is -0.483 e. The second kappa shape index (κ2) is 9.89. The maximum atomic E-state index is 9.56. The molecule has 174 valence electrons. The molecule has 0 saturated carbocycles. The Balaban J connectivity index is 1.87. The molecule has 1 unspecified atom stereocenters. The summed E-state index contributed by atoms with van der Waals surface area (Å²) in [7, 11) is 5.78. The highest BCUT2D eigenvalue weighted by Gasteiger charge is 2.22. The minimum atomic E-state index is -0.186. The molecular formula is C26H29N7O. The maximum absolute atomic E-state index is 9.56. The third-order valence-electron chi connectivity index (χ3n) is 5.82. The fraction of sp³-hybridized carbons (Fsp3) is 0.308. The van der Waals surface area contributed by atoms with Crippen LogP contribution in [0, 0.1) is 25.2 Å². The molecular weight excluding hydrogens is 426 g/mol. The molecule has 1 N–H and O–H groups in total. The Morgan fingerprint density at radius 3 is 2.56 bits per heavy atom. The molecule has 2 heterocycles. The van der Waals surface area contributed by atoms with Crippen LogP contribution in [0.2, 0.25) is 0 Å². The van der Waals surface area contributed by atoms with Gasteiger partial charge in [0.15, 0.2) is 5.82 Å². The summed E-state index contributed by atoms with van der Waals surface area (Å²) in [6, 6.07) is 17.8. The van der Waals surface area contributed by atoms with Gasteiger partial charge in [0.1, 0.15) is 23.1 Å². The number of benzene rings is 2. The Morgan fingerprint density at radius 2 is 1.88 bits per heavy atom. The Kier molecular flexibility index (Phi) is 6.75. The van der Waals surface area contributed by atoms with Gasteiger partial charge in [0.25, 0.3) is 0 Å². The van der Waals surface area contributed by atoms with E-state index in [-0.39, 0.29) is 6.10 Å². The van der Waals surface area contributed by atoms with E-state index in [0.29, 0.717) is 17.1 Å². The molecule has 1 atom stereocenters. The number of aryl methyl sites for hydroxylation is 2. The number of hydrogen-bond acceptors (Lipinski definition) is 7. The first-order valence-electron chi connectivity index (χ1n) is 11.2. The molecule has 2 aromatic carbocycles. The highest BCUT2D eigenvalue weighted by atomic mass is 16.5.